The van der Waals surface area contributed by atoms with Crippen molar-refractivity contribution in [3.8, 4) is 22.8 Å². The third-order valence-electron chi connectivity index (χ3n) is 3.52. The molecule has 122 valence electrons. The van der Waals surface area contributed by atoms with E-state index in [1.807, 2.05) is 0 Å². The smallest absolute Gasteiger partial charge is 0.211 e. The molecule has 4 nitrogen and oxygen atoms in total. The summed E-state index contributed by atoms with van der Waals surface area (Å²) >= 11 is 6.23. The first-order valence-electron chi connectivity index (χ1n) is 7.29. The van der Waals surface area contributed by atoms with Gasteiger partial charge in [0.15, 0.2) is 17.3 Å². The molecule has 1 heterocycles. The SMILES string of the molecule is C=CCOc1ccc(-c2oc3ccccc3c(=O)c2Cl)cc1OC. The van der Waals surface area contributed by atoms with Gasteiger partial charge in [-0.2, -0.15) is 0 Å². The highest BCUT2D eigenvalue weighted by Crippen LogP contribution is 2.35. The molecule has 0 unspecified atom stereocenters. The third kappa shape index (κ3) is 2.88. The molecule has 0 saturated heterocycles. The second kappa shape index (κ2) is 6.81. The van der Waals surface area contributed by atoms with Crippen molar-refractivity contribution in [3.63, 3.8) is 0 Å². The summed E-state index contributed by atoms with van der Waals surface area (Å²) in [4.78, 5) is 12.4. The van der Waals surface area contributed by atoms with Gasteiger partial charge in [0.2, 0.25) is 5.43 Å². The molecule has 0 N–H and O–H groups in total. The Kier molecular flexibility index (Phi) is 4.58. The van der Waals surface area contributed by atoms with Gasteiger partial charge in [0.25, 0.3) is 0 Å². The van der Waals surface area contributed by atoms with E-state index in [0.717, 1.165) is 0 Å². The van der Waals surface area contributed by atoms with Crippen LogP contribution in [0.2, 0.25) is 5.02 Å². The maximum atomic E-state index is 12.4. The van der Waals surface area contributed by atoms with E-state index in [4.69, 9.17) is 25.5 Å². The van der Waals surface area contributed by atoms with E-state index in [1.165, 1.54) is 7.11 Å². The Labute approximate surface area is 143 Å². The lowest BCUT2D eigenvalue weighted by molar-refractivity contribution is 0.326. The quantitative estimate of drug-likeness (QED) is 0.631. The number of fused-ring (bicyclic) bond motifs is 1. The average Bonchev–Trinajstić information content (AvgIpc) is 2.63. The fraction of sp³-hybridized carbons (Fsp3) is 0.105. The first kappa shape index (κ1) is 16.1. The summed E-state index contributed by atoms with van der Waals surface area (Å²) in [5.74, 6) is 1.38. The van der Waals surface area contributed by atoms with Gasteiger partial charge in [-0.3, -0.25) is 4.79 Å². The minimum Gasteiger partial charge on any atom is -0.493 e. The molecule has 2 aromatic carbocycles. The molecule has 0 fully saturated rings. The van der Waals surface area contributed by atoms with E-state index >= 15 is 0 Å². The number of benzene rings is 2. The molecule has 0 atom stereocenters. The van der Waals surface area contributed by atoms with Crippen LogP contribution in [0.1, 0.15) is 0 Å². The highest BCUT2D eigenvalue weighted by Gasteiger charge is 2.16. The van der Waals surface area contributed by atoms with Gasteiger partial charge >= 0.3 is 0 Å². The van der Waals surface area contributed by atoms with Crippen LogP contribution in [0.4, 0.5) is 0 Å². The normalized spacial score (nSPS) is 10.6. The van der Waals surface area contributed by atoms with Crippen molar-refractivity contribution in [1.82, 2.24) is 0 Å². The lowest BCUT2D eigenvalue weighted by atomic mass is 10.1. The van der Waals surface area contributed by atoms with Crippen LogP contribution in [0, 0.1) is 0 Å². The lowest BCUT2D eigenvalue weighted by Gasteiger charge is -2.11. The van der Waals surface area contributed by atoms with Crippen LogP contribution >= 0.6 is 11.6 Å². The van der Waals surface area contributed by atoms with Crippen molar-refractivity contribution in [1.29, 1.82) is 0 Å². The van der Waals surface area contributed by atoms with Gasteiger partial charge in [-0.25, -0.2) is 0 Å². The zero-order chi connectivity index (χ0) is 17.1. The molecule has 0 aliphatic carbocycles. The number of halogens is 1. The zero-order valence-corrected chi connectivity index (χ0v) is 13.8. The topological polar surface area (TPSA) is 48.7 Å². The van der Waals surface area contributed by atoms with E-state index in [0.29, 0.717) is 40.4 Å². The van der Waals surface area contributed by atoms with Crippen molar-refractivity contribution >= 4 is 22.6 Å². The fourth-order valence-electron chi connectivity index (χ4n) is 2.38. The first-order chi connectivity index (χ1) is 11.7. The van der Waals surface area contributed by atoms with Gasteiger partial charge in [0.1, 0.15) is 17.2 Å². The van der Waals surface area contributed by atoms with Crippen LogP contribution in [0.3, 0.4) is 0 Å². The van der Waals surface area contributed by atoms with Crippen molar-refractivity contribution in [2.24, 2.45) is 0 Å². The minimum atomic E-state index is -0.264. The third-order valence-corrected chi connectivity index (χ3v) is 3.87. The Hall–Kier alpha value is -2.72. The number of rotatable bonds is 5. The van der Waals surface area contributed by atoms with Gasteiger partial charge in [-0.05, 0) is 30.3 Å². The number of methoxy groups -OCH3 is 1. The summed E-state index contributed by atoms with van der Waals surface area (Å²) in [6, 6.07) is 12.2. The number of ether oxygens (including phenoxy) is 2. The van der Waals surface area contributed by atoms with Crippen molar-refractivity contribution in [2.45, 2.75) is 0 Å². The van der Waals surface area contributed by atoms with Crippen molar-refractivity contribution in [3.05, 3.63) is 70.4 Å². The molecule has 0 saturated carbocycles. The molecule has 0 aliphatic heterocycles. The summed E-state index contributed by atoms with van der Waals surface area (Å²) in [6.45, 7) is 3.98. The van der Waals surface area contributed by atoms with Crippen LogP contribution in [0.5, 0.6) is 11.5 Å². The molecule has 0 aliphatic rings. The van der Waals surface area contributed by atoms with Crippen LogP contribution in [0.15, 0.2) is 64.3 Å². The van der Waals surface area contributed by atoms with Gasteiger partial charge in [0, 0.05) is 5.56 Å². The first-order valence-corrected chi connectivity index (χ1v) is 7.67. The molecule has 1 aromatic heterocycles. The Morgan fingerprint density at radius 2 is 2.00 bits per heavy atom. The van der Waals surface area contributed by atoms with E-state index < -0.39 is 0 Å². The highest BCUT2D eigenvalue weighted by molar-refractivity contribution is 6.33. The maximum Gasteiger partial charge on any atom is 0.211 e. The molecule has 3 aromatic rings. The summed E-state index contributed by atoms with van der Waals surface area (Å²) in [5, 5.41) is 0.486. The molecule has 0 spiro atoms. The zero-order valence-electron chi connectivity index (χ0n) is 13.0. The molecular weight excluding hydrogens is 328 g/mol. The number of hydrogen-bond acceptors (Lipinski definition) is 4. The summed E-state index contributed by atoms with van der Waals surface area (Å²) in [5.41, 5.74) is 0.845. The van der Waals surface area contributed by atoms with Crippen LogP contribution < -0.4 is 14.9 Å². The molecule has 5 heteroatoms. The summed E-state index contributed by atoms with van der Waals surface area (Å²) in [7, 11) is 1.54. The predicted octanol–water partition coefficient (Wildman–Crippen LogP) is 4.69. The lowest BCUT2D eigenvalue weighted by Crippen LogP contribution is -2.04. The van der Waals surface area contributed by atoms with E-state index in [2.05, 4.69) is 6.58 Å². The van der Waals surface area contributed by atoms with Gasteiger partial charge < -0.3 is 13.9 Å². The Bertz CT molecular complexity index is 959. The summed E-state index contributed by atoms with van der Waals surface area (Å²) < 4.78 is 16.7. The Morgan fingerprint density at radius 3 is 2.75 bits per heavy atom. The monoisotopic (exact) mass is 342 g/mol. The maximum absolute atomic E-state index is 12.4. The van der Waals surface area contributed by atoms with Crippen LogP contribution in [-0.4, -0.2) is 13.7 Å². The molecule has 24 heavy (non-hydrogen) atoms. The Balaban J connectivity index is 2.15. The predicted molar refractivity (Wildman–Crippen MR) is 95.2 cm³/mol. The fourth-order valence-corrected chi connectivity index (χ4v) is 2.63. The summed E-state index contributed by atoms with van der Waals surface area (Å²) in [6.07, 6.45) is 1.65. The second-order valence-corrected chi connectivity index (χ2v) is 5.41. The van der Waals surface area contributed by atoms with Gasteiger partial charge in [-0.1, -0.05) is 36.4 Å². The second-order valence-electron chi connectivity index (χ2n) is 5.04. The molecule has 3 rings (SSSR count). The van der Waals surface area contributed by atoms with Gasteiger partial charge in [0.05, 0.1) is 12.5 Å². The molecule has 0 bridgehead atoms. The van der Waals surface area contributed by atoms with Gasteiger partial charge in [-0.15, -0.1) is 0 Å². The van der Waals surface area contributed by atoms with Crippen molar-refractivity contribution in [2.75, 3.05) is 13.7 Å². The molecular formula is C19H15ClO4. The van der Waals surface area contributed by atoms with Crippen LogP contribution in [0.25, 0.3) is 22.3 Å². The van der Waals surface area contributed by atoms with Crippen LogP contribution in [-0.2, 0) is 0 Å². The molecule has 0 amide bonds. The number of hydrogen-bond donors (Lipinski definition) is 0. The van der Waals surface area contributed by atoms with E-state index in [9.17, 15) is 4.79 Å². The molecule has 0 radical (unpaired) electrons. The largest absolute Gasteiger partial charge is 0.493 e. The standard InChI is InChI=1S/C19H15ClO4/c1-3-10-23-15-9-8-12(11-16(15)22-2)19-17(20)18(21)13-6-4-5-7-14(13)24-19/h3-9,11H,1,10H2,2H3. The Morgan fingerprint density at radius 1 is 1.21 bits per heavy atom. The van der Waals surface area contributed by atoms with E-state index in [1.54, 1.807) is 48.5 Å². The van der Waals surface area contributed by atoms with Crippen molar-refractivity contribution < 1.29 is 13.9 Å². The minimum absolute atomic E-state index is 0.0375. The average molecular weight is 343 g/mol. The number of para-hydroxylation sites is 1. The van der Waals surface area contributed by atoms with E-state index in [-0.39, 0.29) is 10.5 Å². The highest BCUT2D eigenvalue weighted by atomic mass is 35.5.